The summed E-state index contributed by atoms with van der Waals surface area (Å²) in [6, 6.07) is 8.73. The largest absolute Gasteiger partial charge is 0.457 e. The summed E-state index contributed by atoms with van der Waals surface area (Å²) in [4.78, 5) is 10.8. The van der Waals surface area contributed by atoms with Crippen molar-refractivity contribution in [3.63, 3.8) is 0 Å². The first-order valence-corrected chi connectivity index (χ1v) is 6.06. The summed E-state index contributed by atoms with van der Waals surface area (Å²) in [5.74, 6) is 1.18. The fourth-order valence-corrected chi connectivity index (χ4v) is 1.86. The monoisotopic (exact) mass is 280 g/mol. The number of hydrogen-bond donors (Lipinski definition) is 0. The third-order valence-electron chi connectivity index (χ3n) is 2.30. The van der Waals surface area contributed by atoms with E-state index in [9.17, 15) is 4.79 Å². The molecule has 0 radical (unpaired) electrons. The quantitative estimate of drug-likeness (QED) is 0.752. The molecule has 2 rings (SSSR count). The van der Waals surface area contributed by atoms with Crippen LogP contribution in [0.5, 0.6) is 0 Å². The van der Waals surface area contributed by atoms with E-state index < -0.39 is 0 Å². The molecule has 0 aliphatic heterocycles. The number of rotatable bonds is 3. The standard InChI is InChI=1S/C14H10Cl2O2/c1-9(17)2-4-11-5-7-14(18-11)12-8-10(15)3-6-13(12)16/h2-8H,1H3/b4-2+. The van der Waals surface area contributed by atoms with Gasteiger partial charge in [-0.3, -0.25) is 4.79 Å². The molecule has 18 heavy (non-hydrogen) atoms. The van der Waals surface area contributed by atoms with E-state index >= 15 is 0 Å². The van der Waals surface area contributed by atoms with Crippen LogP contribution >= 0.6 is 23.2 Å². The fourth-order valence-electron chi connectivity index (χ4n) is 1.47. The second-order valence-electron chi connectivity index (χ2n) is 3.77. The highest BCUT2D eigenvalue weighted by molar-refractivity contribution is 6.35. The van der Waals surface area contributed by atoms with Crippen molar-refractivity contribution in [3.05, 3.63) is 52.2 Å². The number of carbonyl (C=O) groups excluding carboxylic acids is 1. The molecule has 1 aromatic carbocycles. The third-order valence-corrected chi connectivity index (χ3v) is 2.87. The van der Waals surface area contributed by atoms with Gasteiger partial charge in [-0.05, 0) is 49.4 Å². The van der Waals surface area contributed by atoms with E-state index in [4.69, 9.17) is 27.6 Å². The van der Waals surface area contributed by atoms with Crippen molar-refractivity contribution in [3.8, 4) is 11.3 Å². The van der Waals surface area contributed by atoms with E-state index in [1.165, 1.54) is 13.0 Å². The Balaban J connectivity index is 2.35. The molecule has 2 aromatic rings. The van der Waals surface area contributed by atoms with Crippen molar-refractivity contribution in [1.29, 1.82) is 0 Å². The average Bonchev–Trinajstić information content (AvgIpc) is 2.78. The van der Waals surface area contributed by atoms with Gasteiger partial charge < -0.3 is 4.42 Å². The maximum atomic E-state index is 10.8. The summed E-state index contributed by atoms with van der Waals surface area (Å²) in [6.07, 6.45) is 3.06. The topological polar surface area (TPSA) is 30.2 Å². The summed E-state index contributed by atoms with van der Waals surface area (Å²) in [7, 11) is 0. The predicted octanol–water partition coefficient (Wildman–Crippen LogP) is 4.86. The highest BCUT2D eigenvalue weighted by Crippen LogP contribution is 2.31. The lowest BCUT2D eigenvalue weighted by atomic mass is 10.2. The molecule has 0 fully saturated rings. The Labute approximate surface area is 115 Å². The zero-order valence-electron chi connectivity index (χ0n) is 9.61. The van der Waals surface area contributed by atoms with Crippen molar-refractivity contribution in [2.45, 2.75) is 6.92 Å². The van der Waals surface area contributed by atoms with Crippen LogP contribution in [0.15, 0.2) is 40.8 Å². The molecule has 92 valence electrons. The highest BCUT2D eigenvalue weighted by Gasteiger charge is 2.08. The van der Waals surface area contributed by atoms with Gasteiger partial charge in [0.05, 0.1) is 5.02 Å². The molecule has 4 heteroatoms. The summed E-state index contributed by atoms with van der Waals surface area (Å²) in [6.45, 7) is 1.48. The molecular formula is C14H10Cl2O2. The van der Waals surface area contributed by atoms with Gasteiger partial charge >= 0.3 is 0 Å². The number of furan rings is 1. The van der Waals surface area contributed by atoms with Crippen LogP contribution in [0.4, 0.5) is 0 Å². The Kier molecular flexibility index (Phi) is 3.90. The molecule has 0 aliphatic rings. The molecule has 0 spiro atoms. The Morgan fingerprint density at radius 1 is 1.22 bits per heavy atom. The number of benzene rings is 1. The van der Waals surface area contributed by atoms with Crippen molar-refractivity contribution >= 4 is 35.1 Å². The van der Waals surface area contributed by atoms with Crippen molar-refractivity contribution in [1.82, 2.24) is 0 Å². The smallest absolute Gasteiger partial charge is 0.152 e. The Hall–Kier alpha value is -1.51. The first-order valence-electron chi connectivity index (χ1n) is 5.30. The summed E-state index contributed by atoms with van der Waals surface area (Å²) >= 11 is 12.0. The lowest BCUT2D eigenvalue weighted by Crippen LogP contribution is -1.78. The Bertz CT molecular complexity index is 612. The average molecular weight is 281 g/mol. The molecule has 0 aliphatic carbocycles. The van der Waals surface area contributed by atoms with Gasteiger partial charge in [-0.25, -0.2) is 0 Å². The van der Waals surface area contributed by atoms with Gasteiger partial charge in [-0.2, -0.15) is 0 Å². The van der Waals surface area contributed by atoms with Gasteiger partial charge in [-0.15, -0.1) is 0 Å². The Morgan fingerprint density at radius 3 is 2.72 bits per heavy atom. The fraction of sp³-hybridized carbons (Fsp3) is 0.0714. The maximum absolute atomic E-state index is 10.8. The van der Waals surface area contributed by atoms with E-state index in [2.05, 4.69) is 0 Å². The minimum absolute atomic E-state index is 0.0336. The van der Waals surface area contributed by atoms with Crippen molar-refractivity contribution < 1.29 is 9.21 Å². The number of halogens is 2. The van der Waals surface area contributed by atoms with Crippen LogP contribution in [0, 0.1) is 0 Å². The minimum atomic E-state index is -0.0336. The summed E-state index contributed by atoms with van der Waals surface area (Å²) in [5, 5.41) is 1.16. The SMILES string of the molecule is CC(=O)/C=C/c1ccc(-c2cc(Cl)ccc2Cl)o1. The number of hydrogen-bond acceptors (Lipinski definition) is 2. The normalized spacial score (nSPS) is 11.1. The van der Waals surface area contributed by atoms with Gasteiger partial charge in [0.15, 0.2) is 5.78 Å². The van der Waals surface area contributed by atoms with Gasteiger partial charge in [0.25, 0.3) is 0 Å². The highest BCUT2D eigenvalue weighted by atomic mass is 35.5. The lowest BCUT2D eigenvalue weighted by molar-refractivity contribution is -0.112. The van der Waals surface area contributed by atoms with Crippen LogP contribution in [0.1, 0.15) is 12.7 Å². The zero-order valence-corrected chi connectivity index (χ0v) is 11.1. The van der Waals surface area contributed by atoms with E-state index in [0.29, 0.717) is 21.6 Å². The van der Waals surface area contributed by atoms with Gasteiger partial charge in [0.2, 0.25) is 0 Å². The molecule has 0 amide bonds. The molecule has 0 saturated carbocycles. The van der Waals surface area contributed by atoms with Crippen molar-refractivity contribution in [2.24, 2.45) is 0 Å². The Morgan fingerprint density at radius 2 is 2.00 bits per heavy atom. The number of carbonyl (C=O) groups is 1. The molecule has 2 nitrogen and oxygen atoms in total. The first-order chi connectivity index (χ1) is 8.56. The number of ketones is 1. The second-order valence-corrected chi connectivity index (χ2v) is 4.61. The van der Waals surface area contributed by atoms with E-state index in [-0.39, 0.29) is 5.78 Å². The maximum Gasteiger partial charge on any atom is 0.152 e. The lowest BCUT2D eigenvalue weighted by Gasteiger charge is -2.00. The molecule has 0 bridgehead atoms. The summed E-state index contributed by atoms with van der Waals surface area (Å²) < 4.78 is 5.57. The van der Waals surface area contributed by atoms with Crippen LogP contribution in [0.2, 0.25) is 10.0 Å². The minimum Gasteiger partial charge on any atom is -0.457 e. The molecule has 0 saturated heterocycles. The number of allylic oxidation sites excluding steroid dienone is 1. The van der Waals surface area contributed by atoms with Crippen molar-refractivity contribution in [2.75, 3.05) is 0 Å². The zero-order chi connectivity index (χ0) is 13.1. The van der Waals surface area contributed by atoms with Crippen LogP contribution < -0.4 is 0 Å². The van der Waals surface area contributed by atoms with Gasteiger partial charge in [0, 0.05) is 10.6 Å². The van der Waals surface area contributed by atoms with E-state index in [1.807, 2.05) is 0 Å². The molecule has 1 aromatic heterocycles. The molecule has 0 atom stereocenters. The molecule has 0 N–H and O–H groups in total. The van der Waals surface area contributed by atoms with Crippen LogP contribution in [-0.2, 0) is 4.79 Å². The van der Waals surface area contributed by atoms with E-state index in [0.717, 1.165) is 5.56 Å². The predicted molar refractivity (Wildman–Crippen MR) is 73.9 cm³/mol. The molecule has 1 heterocycles. The molecule has 0 unspecified atom stereocenters. The van der Waals surface area contributed by atoms with Crippen LogP contribution in [0.3, 0.4) is 0 Å². The summed E-state index contributed by atoms with van der Waals surface area (Å²) in [5.41, 5.74) is 0.728. The molecular weight excluding hydrogens is 271 g/mol. The third kappa shape index (κ3) is 3.03. The van der Waals surface area contributed by atoms with Gasteiger partial charge in [0.1, 0.15) is 11.5 Å². The van der Waals surface area contributed by atoms with Crippen LogP contribution in [-0.4, -0.2) is 5.78 Å². The van der Waals surface area contributed by atoms with Gasteiger partial charge in [-0.1, -0.05) is 23.2 Å². The second kappa shape index (κ2) is 5.42. The van der Waals surface area contributed by atoms with Crippen LogP contribution in [0.25, 0.3) is 17.4 Å². The van der Waals surface area contributed by atoms with E-state index in [1.54, 1.807) is 36.4 Å². The first kappa shape index (κ1) is 12.9.